The third kappa shape index (κ3) is 3.93. The number of rotatable bonds is 6. The molecule has 0 saturated carbocycles. The van der Waals surface area contributed by atoms with E-state index in [9.17, 15) is 9.59 Å². The van der Waals surface area contributed by atoms with Crippen molar-refractivity contribution in [2.45, 2.75) is 37.6 Å². The molecule has 7 heteroatoms. The Kier molecular flexibility index (Phi) is 5.23. The minimum Gasteiger partial charge on any atom is -0.353 e. The van der Waals surface area contributed by atoms with Gasteiger partial charge in [-0.15, -0.1) is 0 Å². The maximum atomic E-state index is 12.8. The number of hydrogen-bond acceptors (Lipinski definition) is 4. The molecule has 0 fully saturated rings. The maximum absolute atomic E-state index is 12.8. The third-order valence-electron chi connectivity index (χ3n) is 3.68. The maximum Gasteiger partial charge on any atom is 0.297 e. The highest BCUT2D eigenvalue weighted by molar-refractivity contribution is 7.98. The Morgan fingerprint density at radius 2 is 2.08 bits per heavy atom. The molecule has 130 valence electrons. The van der Waals surface area contributed by atoms with Gasteiger partial charge in [-0.05, 0) is 25.0 Å². The Hall–Kier alpha value is -2.54. The summed E-state index contributed by atoms with van der Waals surface area (Å²) in [6.45, 7) is 3.79. The molecule has 3 rings (SSSR count). The molecule has 0 spiro atoms. The van der Waals surface area contributed by atoms with Gasteiger partial charge in [-0.1, -0.05) is 49.0 Å². The number of hydrogen-bond donors (Lipinski definition) is 2. The first-order valence-corrected chi connectivity index (χ1v) is 9.16. The van der Waals surface area contributed by atoms with Gasteiger partial charge in [-0.2, -0.15) is 4.68 Å². The van der Waals surface area contributed by atoms with Gasteiger partial charge in [-0.3, -0.25) is 15.0 Å². The van der Waals surface area contributed by atoms with E-state index in [1.165, 1.54) is 16.4 Å². The summed E-state index contributed by atoms with van der Waals surface area (Å²) in [5, 5.41) is 0.477. The molecule has 2 heterocycles. The van der Waals surface area contributed by atoms with E-state index < -0.39 is 0 Å². The Balaban J connectivity index is 1.98. The summed E-state index contributed by atoms with van der Waals surface area (Å²) >= 11 is 1.42. The predicted octanol–water partition coefficient (Wildman–Crippen LogP) is 3.20. The Labute approximate surface area is 149 Å². The molecule has 0 bridgehead atoms. The minimum atomic E-state index is -0.293. The summed E-state index contributed by atoms with van der Waals surface area (Å²) in [6.07, 6.45) is 1.07. The topological polar surface area (TPSA) is 79.8 Å². The first-order chi connectivity index (χ1) is 12.1. The van der Waals surface area contributed by atoms with E-state index >= 15 is 0 Å². The van der Waals surface area contributed by atoms with Crippen LogP contribution in [-0.2, 0) is 10.5 Å². The smallest absolute Gasteiger partial charge is 0.297 e. The highest BCUT2D eigenvalue weighted by Crippen LogP contribution is 2.21. The number of thioether (sulfide) groups is 1. The highest BCUT2D eigenvalue weighted by Gasteiger charge is 2.15. The standard InChI is InChI=1S/C18H20N4O2S/c1-3-7-15(23)21-22-17(24)16-14(10-12(2)19-16)20-18(22)25-11-13-8-5-4-6-9-13/h4-6,8-10,19H,3,7,11H2,1-2H3,(H,21,23). The van der Waals surface area contributed by atoms with Crippen LogP contribution in [0.2, 0.25) is 0 Å². The largest absolute Gasteiger partial charge is 0.353 e. The summed E-state index contributed by atoms with van der Waals surface area (Å²) in [5.74, 6) is 0.460. The van der Waals surface area contributed by atoms with Crippen molar-refractivity contribution >= 4 is 28.7 Å². The van der Waals surface area contributed by atoms with Gasteiger partial charge in [0.1, 0.15) is 5.52 Å². The van der Waals surface area contributed by atoms with Crippen LogP contribution in [-0.4, -0.2) is 20.6 Å². The molecule has 2 aromatic heterocycles. The van der Waals surface area contributed by atoms with Gasteiger partial charge in [0.05, 0.1) is 5.52 Å². The SMILES string of the molecule is CCCC(=O)Nn1c(SCc2ccccc2)nc2cc(C)[nH]c2c1=O. The van der Waals surface area contributed by atoms with Crippen LogP contribution in [0.25, 0.3) is 11.0 Å². The van der Waals surface area contributed by atoms with Gasteiger partial charge in [0, 0.05) is 17.9 Å². The zero-order chi connectivity index (χ0) is 17.8. The van der Waals surface area contributed by atoms with Crippen LogP contribution < -0.4 is 11.0 Å². The number of carbonyl (C=O) groups excluding carboxylic acids is 1. The average Bonchev–Trinajstić information content (AvgIpc) is 2.98. The molecule has 0 atom stereocenters. The molecule has 0 saturated heterocycles. The lowest BCUT2D eigenvalue weighted by molar-refractivity contribution is -0.117. The van der Waals surface area contributed by atoms with Crippen molar-refractivity contribution in [3.63, 3.8) is 0 Å². The fourth-order valence-corrected chi connectivity index (χ4v) is 3.41. The number of nitrogens with one attached hydrogen (secondary N) is 2. The van der Waals surface area contributed by atoms with Crippen molar-refractivity contribution in [3.8, 4) is 0 Å². The second kappa shape index (κ2) is 7.57. The van der Waals surface area contributed by atoms with Crippen LogP contribution in [0.1, 0.15) is 31.0 Å². The zero-order valence-electron chi connectivity index (χ0n) is 14.2. The van der Waals surface area contributed by atoms with Crippen LogP contribution in [0.15, 0.2) is 46.3 Å². The fraction of sp³-hybridized carbons (Fsp3) is 0.278. The van der Waals surface area contributed by atoms with Crippen LogP contribution in [0.4, 0.5) is 0 Å². The van der Waals surface area contributed by atoms with Crippen molar-refractivity contribution in [2.24, 2.45) is 0 Å². The van der Waals surface area contributed by atoms with Crippen LogP contribution in [0.5, 0.6) is 0 Å². The second-order valence-electron chi connectivity index (χ2n) is 5.81. The van der Waals surface area contributed by atoms with Crippen molar-refractivity contribution < 1.29 is 4.79 Å². The third-order valence-corrected chi connectivity index (χ3v) is 4.69. The molecule has 25 heavy (non-hydrogen) atoms. The second-order valence-corrected chi connectivity index (χ2v) is 6.75. The Morgan fingerprint density at radius 1 is 1.32 bits per heavy atom. The van der Waals surface area contributed by atoms with E-state index in [-0.39, 0.29) is 11.5 Å². The molecular formula is C18H20N4O2S. The summed E-state index contributed by atoms with van der Waals surface area (Å²) in [4.78, 5) is 32.4. The molecule has 0 aliphatic heterocycles. The van der Waals surface area contributed by atoms with Crippen molar-refractivity contribution in [1.82, 2.24) is 14.6 Å². The summed E-state index contributed by atoms with van der Waals surface area (Å²) in [5.41, 5.74) is 5.38. The number of fused-ring (bicyclic) bond motifs is 1. The Morgan fingerprint density at radius 3 is 2.80 bits per heavy atom. The quantitative estimate of drug-likeness (QED) is 0.525. The first kappa shape index (κ1) is 17.3. The number of aryl methyl sites for hydroxylation is 1. The number of amides is 1. The number of H-pyrrole nitrogens is 1. The van der Waals surface area contributed by atoms with Crippen molar-refractivity contribution in [2.75, 3.05) is 5.43 Å². The van der Waals surface area contributed by atoms with Crippen LogP contribution >= 0.6 is 11.8 Å². The molecule has 2 N–H and O–H groups in total. The first-order valence-electron chi connectivity index (χ1n) is 8.17. The highest BCUT2D eigenvalue weighted by atomic mass is 32.2. The number of nitrogens with zero attached hydrogens (tertiary/aromatic N) is 2. The van der Waals surface area contributed by atoms with E-state index in [2.05, 4.69) is 15.4 Å². The molecule has 1 amide bonds. The van der Waals surface area contributed by atoms with Gasteiger partial charge in [0.15, 0.2) is 5.16 Å². The molecule has 0 unspecified atom stereocenters. The lowest BCUT2D eigenvalue weighted by atomic mass is 10.2. The lowest BCUT2D eigenvalue weighted by Gasteiger charge is -2.12. The molecular weight excluding hydrogens is 336 g/mol. The summed E-state index contributed by atoms with van der Waals surface area (Å²) in [7, 11) is 0. The average molecular weight is 356 g/mol. The number of benzene rings is 1. The van der Waals surface area contributed by atoms with Gasteiger partial charge in [-0.25, -0.2) is 4.98 Å². The Bertz CT molecular complexity index is 947. The lowest BCUT2D eigenvalue weighted by Crippen LogP contribution is -2.35. The molecule has 1 aromatic carbocycles. The van der Waals surface area contributed by atoms with Gasteiger partial charge >= 0.3 is 0 Å². The minimum absolute atomic E-state index is 0.199. The molecule has 6 nitrogen and oxygen atoms in total. The fourth-order valence-electron chi connectivity index (χ4n) is 2.50. The van der Waals surface area contributed by atoms with Gasteiger partial charge < -0.3 is 4.98 Å². The van der Waals surface area contributed by atoms with Crippen LogP contribution in [0, 0.1) is 6.92 Å². The van der Waals surface area contributed by atoms with Crippen LogP contribution in [0.3, 0.4) is 0 Å². The van der Waals surface area contributed by atoms with E-state index in [1.807, 2.05) is 50.2 Å². The van der Waals surface area contributed by atoms with E-state index in [0.29, 0.717) is 34.8 Å². The number of aromatic amines is 1. The predicted molar refractivity (Wildman–Crippen MR) is 100 cm³/mol. The molecule has 3 aromatic rings. The summed E-state index contributed by atoms with van der Waals surface area (Å²) < 4.78 is 1.25. The number of carbonyl (C=O) groups is 1. The summed E-state index contributed by atoms with van der Waals surface area (Å²) in [6, 6.07) is 11.8. The monoisotopic (exact) mass is 356 g/mol. The zero-order valence-corrected chi connectivity index (χ0v) is 15.0. The number of aromatic nitrogens is 3. The van der Waals surface area contributed by atoms with Gasteiger partial charge in [0.25, 0.3) is 5.56 Å². The van der Waals surface area contributed by atoms with E-state index in [0.717, 1.165) is 11.3 Å². The molecule has 0 radical (unpaired) electrons. The van der Waals surface area contributed by atoms with Gasteiger partial charge in [0.2, 0.25) is 5.91 Å². The van der Waals surface area contributed by atoms with E-state index in [1.54, 1.807) is 0 Å². The molecule has 0 aliphatic rings. The van der Waals surface area contributed by atoms with E-state index in [4.69, 9.17) is 0 Å². The van der Waals surface area contributed by atoms with Crippen molar-refractivity contribution in [3.05, 3.63) is 58.0 Å². The van der Waals surface area contributed by atoms with Crippen molar-refractivity contribution in [1.29, 1.82) is 0 Å². The normalized spacial score (nSPS) is 11.0. The molecule has 0 aliphatic carbocycles.